The molecule has 0 aliphatic carbocycles. The first-order valence-corrected chi connectivity index (χ1v) is 5.52. The van der Waals surface area contributed by atoms with E-state index >= 15 is 0 Å². The molecule has 2 N–H and O–H groups in total. The van der Waals surface area contributed by atoms with E-state index in [1.807, 2.05) is 0 Å². The molecule has 0 fully saturated rings. The molecule has 0 saturated heterocycles. The number of aryl methyl sites for hydroxylation is 2. The van der Waals surface area contributed by atoms with Gasteiger partial charge < -0.3 is 5.73 Å². The lowest BCUT2D eigenvalue weighted by Gasteiger charge is -2.08. The summed E-state index contributed by atoms with van der Waals surface area (Å²) in [6.45, 7) is 3.55. The number of nitrogen functional groups attached to an aromatic ring is 1. The molecule has 0 atom stereocenters. The number of pyridine rings is 1. The second-order valence-electron chi connectivity index (χ2n) is 4.20. The van der Waals surface area contributed by atoms with Crippen molar-refractivity contribution in [3.63, 3.8) is 0 Å². The molecule has 1 heterocycles. The second kappa shape index (κ2) is 4.56. The highest BCUT2D eigenvalue weighted by Crippen LogP contribution is 2.21. The first-order chi connectivity index (χ1) is 8.50. The van der Waals surface area contributed by atoms with Gasteiger partial charge in [-0.1, -0.05) is 11.6 Å². The van der Waals surface area contributed by atoms with Crippen molar-refractivity contribution in [1.82, 2.24) is 4.98 Å². The number of nitrogens with two attached hydrogens (primary N) is 1. The SMILES string of the molecule is Cc1ccc(F)c(C(=O)c2c(C)ccnc2N)c1. The molecule has 0 unspecified atom stereocenters. The third-order valence-electron chi connectivity index (χ3n) is 2.78. The Labute approximate surface area is 104 Å². The molecule has 0 aliphatic rings. The lowest BCUT2D eigenvalue weighted by Crippen LogP contribution is -2.11. The topological polar surface area (TPSA) is 56.0 Å². The van der Waals surface area contributed by atoms with E-state index in [2.05, 4.69) is 4.98 Å². The summed E-state index contributed by atoms with van der Waals surface area (Å²) in [6.07, 6.45) is 1.52. The maximum Gasteiger partial charge on any atom is 0.199 e. The van der Waals surface area contributed by atoms with E-state index in [4.69, 9.17) is 5.73 Å². The normalized spacial score (nSPS) is 10.4. The van der Waals surface area contributed by atoms with E-state index in [0.29, 0.717) is 5.56 Å². The van der Waals surface area contributed by atoms with Crippen molar-refractivity contribution >= 4 is 11.6 Å². The molecule has 1 aromatic heterocycles. The van der Waals surface area contributed by atoms with Gasteiger partial charge in [-0.2, -0.15) is 0 Å². The number of hydrogen-bond donors (Lipinski definition) is 1. The Hall–Kier alpha value is -2.23. The fourth-order valence-electron chi connectivity index (χ4n) is 1.82. The van der Waals surface area contributed by atoms with E-state index in [1.165, 1.54) is 18.3 Å². The van der Waals surface area contributed by atoms with Crippen LogP contribution in [0.4, 0.5) is 10.2 Å². The molecule has 0 saturated carbocycles. The van der Waals surface area contributed by atoms with Crippen LogP contribution in [-0.2, 0) is 0 Å². The van der Waals surface area contributed by atoms with Crippen molar-refractivity contribution in [1.29, 1.82) is 0 Å². The van der Waals surface area contributed by atoms with Crippen LogP contribution < -0.4 is 5.73 Å². The second-order valence-corrected chi connectivity index (χ2v) is 4.20. The van der Waals surface area contributed by atoms with E-state index in [1.54, 1.807) is 26.0 Å². The van der Waals surface area contributed by atoms with Crippen LogP contribution >= 0.6 is 0 Å². The van der Waals surface area contributed by atoms with E-state index < -0.39 is 11.6 Å². The van der Waals surface area contributed by atoms with Gasteiger partial charge in [0.15, 0.2) is 5.78 Å². The predicted molar refractivity (Wildman–Crippen MR) is 68.0 cm³/mol. The van der Waals surface area contributed by atoms with E-state index in [9.17, 15) is 9.18 Å². The highest BCUT2D eigenvalue weighted by molar-refractivity contribution is 6.12. The zero-order chi connectivity index (χ0) is 13.3. The Balaban J connectivity index is 2.58. The van der Waals surface area contributed by atoms with Gasteiger partial charge in [-0.05, 0) is 37.6 Å². The van der Waals surface area contributed by atoms with Crippen molar-refractivity contribution in [2.24, 2.45) is 0 Å². The monoisotopic (exact) mass is 244 g/mol. The van der Waals surface area contributed by atoms with Gasteiger partial charge in [-0.3, -0.25) is 4.79 Å². The maximum atomic E-state index is 13.7. The number of benzene rings is 1. The van der Waals surface area contributed by atoms with Gasteiger partial charge in [0.2, 0.25) is 0 Å². The molecule has 0 radical (unpaired) electrons. The van der Waals surface area contributed by atoms with Crippen LogP contribution in [0.1, 0.15) is 27.0 Å². The first-order valence-electron chi connectivity index (χ1n) is 5.52. The quantitative estimate of drug-likeness (QED) is 0.826. The van der Waals surface area contributed by atoms with E-state index in [0.717, 1.165) is 5.56 Å². The number of anilines is 1. The summed E-state index contributed by atoms with van der Waals surface area (Å²) in [5.41, 5.74) is 7.49. The molecule has 1 aromatic carbocycles. The standard InChI is InChI=1S/C14H13FN2O/c1-8-3-4-11(15)10(7-8)13(18)12-9(2)5-6-17-14(12)16/h3-7H,1-2H3,(H2,16,17). The number of halogens is 1. The van der Waals surface area contributed by atoms with Gasteiger partial charge in [0.1, 0.15) is 11.6 Å². The first kappa shape index (κ1) is 12.2. The lowest BCUT2D eigenvalue weighted by molar-refractivity contribution is 0.103. The summed E-state index contributed by atoms with van der Waals surface area (Å²) in [7, 11) is 0. The summed E-state index contributed by atoms with van der Waals surface area (Å²) in [6, 6.07) is 6.09. The van der Waals surface area contributed by atoms with Crippen LogP contribution in [0.5, 0.6) is 0 Å². The molecule has 2 rings (SSSR count). The molecule has 92 valence electrons. The molecule has 0 spiro atoms. The fourth-order valence-corrected chi connectivity index (χ4v) is 1.82. The third kappa shape index (κ3) is 2.09. The van der Waals surface area contributed by atoms with Gasteiger partial charge >= 0.3 is 0 Å². The molecular formula is C14H13FN2O. The number of nitrogens with zero attached hydrogens (tertiary/aromatic N) is 1. The number of aromatic nitrogens is 1. The Bertz CT molecular complexity index is 603. The Morgan fingerprint density at radius 2 is 2.00 bits per heavy atom. The van der Waals surface area contributed by atoms with Gasteiger partial charge in [0.05, 0.1) is 11.1 Å². The Morgan fingerprint density at radius 3 is 2.67 bits per heavy atom. The Morgan fingerprint density at radius 1 is 1.28 bits per heavy atom. The van der Waals surface area contributed by atoms with Gasteiger partial charge in [-0.25, -0.2) is 9.37 Å². The summed E-state index contributed by atoms with van der Waals surface area (Å²) in [5.74, 6) is -0.853. The smallest absolute Gasteiger partial charge is 0.199 e. The summed E-state index contributed by atoms with van der Waals surface area (Å²) in [5, 5.41) is 0. The molecular weight excluding hydrogens is 231 g/mol. The number of carbonyl (C=O) groups is 1. The van der Waals surface area contributed by atoms with Gasteiger partial charge in [-0.15, -0.1) is 0 Å². The predicted octanol–water partition coefficient (Wildman–Crippen LogP) is 2.65. The Kier molecular flexibility index (Phi) is 3.10. The number of ketones is 1. The maximum absolute atomic E-state index is 13.7. The highest BCUT2D eigenvalue weighted by Gasteiger charge is 2.19. The number of carbonyl (C=O) groups excluding carboxylic acids is 1. The largest absolute Gasteiger partial charge is 0.383 e. The minimum Gasteiger partial charge on any atom is -0.383 e. The van der Waals surface area contributed by atoms with Crippen LogP contribution in [0.3, 0.4) is 0 Å². The van der Waals surface area contributed by atoms with Gasteiger partial charge in [0.25, 0.3) is 0 Å². The lowest BCUT2D eigenvalue weighted by atomic mass is 9.98. The van der Waals surface area contributed by atoms with Crippen LogP contribution in [0.25, 0.3) is 0 Å². The molecule has 3 nitrogen and oxygen atoms in total. The summed E-state index contributed by atoms with van der Waals surface area (Å²) >= 11 is 0. The molecule has 0 amide bonds. The molecule has 4 heteroatoms. The fraction of sp³-hybridized carbons (Fsp3) is 0.143. The molecule has 0 aliphatic heterocycles. The van der Waals surface area contributed by atoms with Crippen LogP contribution in [0.2, 0.25) is 0 Å². The molecule has 2 aromatic rings. The summed E-state index contributed by atoms with van der Waals surface area (Å²) in [4.78, 5) is 16.2. The minimum absolute atomic E-state index is 0.0257. The van der Waals surface area contributed by atoms with Crippen molar-refractivity contribution in [3.8, 4) is 0 Å². The summed E-state index contributed by atoms with van der Waals surface area (Å²) < 4.78 is 13.7. The molecule has 0 bridgehead atoms. The zero-order valence-corrected chi connectivity index (χ0v) is 10.2. The van der Waals surface area contributed by atoms with Crippen molar-refractivity contribution in [2.45, 2.75) is 13.8 Å². The highest BCUT2D eigenvalue weighted by atomic mass is 19.1. The van der Waals surface area contributed by atoms with Crippen molar-refractivity contribution in [2.75, 3.05) is 5.73 Å². The number of rotatable bonds is 2. The number of hydrogen-bond acceptors (Lipinski definition) is 3. The van der Waals surface area contributed by atoms with Crippen LogP contribution in [0.15, 0.2) is 30.5 Å². The third-order valence-corrected chi connectivity index (χ3v) is 2.78. The zero-order valence-electron chi connectivity index (χ0n) is 10.2. The van der Waals surface area contributed by atoms with E-state index in [-0.39, 0.29) is 16.9 Å². The van der Waals surface area contributed by atoms with Gasteiger partial charge in [0, 0.05) is 6.20 Å². The average Bonchev–Trinajstić information content (AvgIpc) is 2.32. The van der Waals surface area contributed by atoms with Crippen LogP contribution in [0, 0.1) is 19.7 Å². The average molecular weight is 244 g/mol. The van der Waals surface area contributed by atoms with Crippen molar-refractivity contribution < 1.29 is 9.18 Å². The molecule has 18 heavy (non-hydrogen) atoms. The minimum atomic E-state index is -0.548. The van der Waals surface area contributed by atoms with Crippen LogP contribution in [-0.4, -0.2) is 10.8 Å². The van der Waals surface area contributed by atoms with Crippen molar-refractivity contribution in [3.05, 3.63) is 58.5 Å².